The molecule has 0 atom stereocenters. The van der Waals surface area contributed by atoms with Crippen LogP contribution in [-0.4, -0.2) is 61.5 Å². The minimum absolute atomic E-state index is 0.296. The van der Waals surface area contributed by atoms with Crippen LogP contribution in [0.3, 0.4) is 0 Å². The van der Waals surface area contributed by atoms with Crippen molar-refractivity contribution in [2.75, 3.05) is 45.3 Å². The van der Waals surface area contributed by atoms with E-state index in [0.29, 0.717) is 32.8 Å². The standard InChI is InChI=1S/C19H26N4O4/c1-14-12-15-13-16(4-5-17(15)23(14)9-11-26-2)21-18(24)20-6-8-22-7-3-10-27-19(22)25/h4-5,12-13H,3,6-11H2,1-2H3,(H2,20,21,24). The molecule has 8 heteroatoms. The van der Waals surface area contributed by atoms with Gasteiger partial charge in [-0.15, -0.1) is 0 Å². The van der Waals surface area contributed by atoms with Crippen LogP contribution in [0.25, 0.3) is 10.9 Å². The Morgan fingerprint density at radius 1 is 1.30 bits per heavy atom. The average molecular weight is 374 g/mol. The minimum atomic E-state index is -0.317. The van der Waals surface area contributed by atoms with Gasteiger partial charge in [0.15, 0.2) is 0 Å². The molecule has 1 fully saturated rings. The van der Waals surface area contributed by atoms with E-state index in [2.05, 4.69) is 28.2 Å². The molecule has 2 aromatic rings. The molecule has 0 radical (unpaired) electrons. The number of amides is 3. The van der Waals surface area contributed by atoms with Gasteiger partial charge in [-0.1, -0.05) is 0 Å². The molecule has 3 amide bonds. The molecule has 27 heavy (non-hydrogen) atoms. The molecule has 1 aromatic carbocycles. The number of hydrogen-bond acceptors (Lipinski definition) is 4. The molecule has 0 aliphatic carbocycles. The number of anilines is 1. The van der Waals surface area contributed by atoms with Gasteiger partial charge in [-0.25, -0.2) is 9.59 Å². The predicted molar refractivity (Wildman–Crippen MR) is 103 cm³/mol. The van der Waals surface area contributed by atoms with E-state index in [-0.39, 0.29) is 12.1 Å². The number of nitrogens with one attached hydrogen (secondary N) is 2. The average Bonchev–Trinajstić information content (AvgIpc) is 2.96. The summed E-state index contributed by atoms with van der Waals surface area (Å²) >= 11 is 0. The van der Waals surface area contributed by atoms with E-state index in [0.717, 1.165) is 35.2 Å². The highest BCUT2D eigenvalue weighted by molar-refractivity contribution is 5.93. The van der Waals surface area contributed by atoms with Crippen molar-refractivity contribution in [1.29, 1.82) is 0 Å². The van der Waals surface area contributed by atoms with Crippen molar-refractivity contribution >= 4 is 28.7 Å². The Hall–Kier alpha value is -2.74. The minimum Gasteiger partial charge on any atom is -0.449 e. The molecule has 2 heterocycles. The van der Waals surface area contributed by atoms with Gasteiger partial charge in [0.25, 0.3) is 0 Å². The lowest BCUT2D eigenvalue weighted by atomic mass is 10.2. The van der Waals surface area contributed by atoms with Crippen molar-refractivity contribution in [2.45, 2.75) is 19.9 Å². The van der Waals surface area contributed by atoms with Crippen LogP contribution >= 0.6 is 0 Å². The Morgan fingerprint density at radius 3 is 2.93 bits per heavy atom. The Balaban J connectivity index is 1.54. The number of urea groups is 1. The Labute approximate surface area is 158 Å². The number of hydrogen-bond donors (Lipinski definition) is 2. The maximum Gasteiger partial charge on any atom is 0.409 e. The highest BCUT2D eigenvalue weighted by atomic mass is 16.6. The number of benzene rings is 1. The smallest absolute Gasteiger partial charge is 0.409 e. The zero-order valence-corrected chi connectivity index (χ0v) is 15.8. The number of aryl methyl sites for hydroxylation is 1. The number of nitrogens with zero attached hydrogens (tertiary/aromatic N) is 2. The van der Waals surface area contributed by atoms with Crippen molar-refractivity contribution in [3.8, 4) is 0 Å². The fourth-order valence-electron chi connectivity index (χ4n) is 3.25. The molecule has 1 aliphatic heterocycles. The van der Waals surface area contributed by atoms with Crippen LogP contribution in [0.5, 0.6) is 0 Å². The van der Waals surface area contributed by atoms with E-state index in [1.165, 1.54) is 0 Å². The lowest BCUT2D eigenvalue weighted by molar-refractivity contribution is 0.0736. The molecule has 1 saturated heterocycles. The second-order valence-electron chi connectivity index (χ2n) is 6.54. The topological polar surface area (TPSA) is 84.8 Å². The van der Waals surface area contributed by atoms with E-state index in [9.17, 15) is 9.59 Å². The Kier molecular flexibility index (Phi) is 6.18. The number of ether oxygens (including phenoxy) is 2. The molecule has 146 valence electrons. The number of fused-ring (bicyclic) bond motifs is 1. The first kappa shape index (κ1) is 19.0. The third-order valence-corrected chi connectivity index (χ3v) is 4.61. The maximum absolute atomic E-state index is 12.1. The van der Waals surface area contributed by atoms with Crippen LogP contribution in [0.1, 0.15) is 12.1 Å². The summed E-state index contributed by atoms with van der Waals surface area (Å²) in [6.45, 7) is 5.44. The summed E-state index contributed by atoms with van der Waals surface area (Å²) in [4.78, 5) is 25.3. The van der Waals surface area contributed by atoms with E-state index in [4.69, 9.17) is 9.47 Å². The summed E-state index contributed by atoms with van der Waals surface area (Å²) in [5, 5.41) is 6.67. The first-order valence-electron chi connectivity index (χ1n) is 9.14. The van der Waals surface area contributed by atoms with Gasteiger partial charge in [-0.3, -0.25) is 0 Å². The van der Waals surface area contributed by atoms with E-state index >= 15 is 0 Å². The van der Waals surface area contributed by atoms with Crippen molar-refractivity contribution in [3.05, 3.63) is 30.0 Å². The van der Waals surface area contributed by atoms with Gasteiger partial charge in [-0.2, -0.15) is 0 Å². The highest BCUT2D eigenvalue weighted by Gasteiger charge is 2.18. The fraction of sp³-hybridized carbons (Fsp3) is 0.474. The zero-order valence-electron chi connectivity index (χ0n) is 15.8. The molecular weight excluding hydrogens is 348 g/mol. The van der Waals surface area contributed by atoms with Crippen molar-refractivity contribution in [2.24, 2.45) is 0 Å². The summed E-state index contributed by atoms with van der Waals surface area (Å²) in [6, 6.07) is 7.63. The van der Waals surface area contributed by atoms with Crippen molar-refractivity contribution < 1.29 is 19.1 Å². The fourth-order valence-corrected chi connectivity index (χ4v) is 3.25. The summed E-state index contributed by atoms with van der Waals surface area (Å²) in [7, 11) is 1.69. The van der Waals surface area contributed by atoms with E-state index in [1.54, 1.807) is 12.0 Å². The molecule has 3 rings (SSSR count). The molecule has 0 saturated carbocycles. The largest absolute Gasteiger partial charge is 0.449 e. The molecular formula is C19H26N4O4. The first-order chi connectivity index (χ1) is 13.1. The monoisotopic (exact) mass is 374 g/mol. The van der Waals surface area contributed by atoms with Gasteiger partial charge < -0.3 is 29.6 Å². The molecule has 0 bridgehead atoms. The van der Waals surface area contributed by atoms with Gasteiger partial charge >= 0.3 is 12.1 Å². The van der Waals surface area contributed by atoms with Gasteiger partial charge in [0.1, 0.15) is 0 Å². The molecule has 8 nitrogen and oxygen atoms in total. The second kappa shape index (κ2) is 8.77. The first-order valence-corrected chi connectivity index (χ1v) is 9.14. The van der Waals surface area contributed by atoms with E-state index in [1.807, 2.05) is 18.2 Å². The summed E-state index contributed by atoms with van der Waals surface area (Å²) in [6.07, 6.45) is 0.503. The lowest BCUT2D eigenvalue weighted by Gasteiger charge is -2.26. The van der Waals surface area contributed by atoms with E-state index < -0.39 is 0 Å². The lowest BCUT2D eigenvalue weighted by Crippen LogP contribution is -2.43. The molecule has 1 aliphatic rings. The molecule has 1 aromatic heterocycles. The number of carbonyl (C=O) groups is 2. The summed E-state index contributed by atoms with van der Waals surface area (Å²) < 4.78 is 12.3. The second-order valence-corrected chi connectivity index (χ2v) is 6.54. The van der Waals surface area contributed by atoms with Gasteiger partial charge in [-0.05, 0) is 37.6 Å². The summed E-state index contributed by atoms with van der Waals surface area (Å²) in [5.74, 6) is 0. The van der Waals surface area contributed by atoms with Crippen LogP contribution in [0.4, 0.5) is 15.3 Å². The SMILES string of the molecule is COCCn1c(C)cc2cc(NC(=O)NCCN3CCCOC3=O)ccc21. The van der Waals surface area contributed by atoms with Crippen LogP contribution in [0, 0.1) is 6.92 Å². The number of methoxy groups -OCH3 is 1. The number of carbonyl (C=O) groups excluding carboxylic acids is 2. The Bertz CT molecular complexity index is 817. The van der Waals surface area contributed by atoms with Crippen LogP contribution < -0.4 is 10.6 Å². The van der Waals surface area contributed by atoms with Crippen LogP contribution in [0.2, 0.25) is 0 Å². The molecule has 0 spiro atoms. The van der Waals surface area contributed by atoms with Crippen LogP contribution in [0.15, 0.2) is 24.3 Å². The predicted octanol–water partition coefficient (Wildman–Crippen LogP) is 2.56. The normalized spacial score (nSPS) is 14.3. The summed E-state index contributed by atoms with van der Waals surface area (Å²) in [5.41, 5.74) is 2.98. The molecule has 0 unspecified atom stereocenters. The molecule has 2 N–H and O–H groups in total. The van der Waals surface area contributed by atoms with Crippen LogP contribution in [-0.2, 0) is 16.0 Å². The van der Waals surface area contributed by atoms with Crippen molar-refractivity contribution in [3.63, 3.8) is 0 Å². The van der Waals surface area contributed by atoms with Crippen molar-refractivity contribution in [1.82, 2.24) is 14.8 Å². The third kappa shape index (κ3) is 4.71. The van der Waals surface area contributed by atoms with Gasteiger partial charge in [0.2, 0.25) is 0 Å². The highest BCUT2D eigenvalue weighted by Crippen LogP contribution is 2.23. The number of cyclic esters (lactones) is 1. The quantitative estimate of drug-likeness (QED) is 0.780. The van der Waals surface area contributed by atoms with Gasteiger partial charge in [0.05, 0.1) is 13.2 Å². The number of aromatic nitrogens is 1. The third-order valence-electron chi connectivity index (χ3n) is 4.61. The maximum atomic E-state index is 12.1. The number of rotatable bonds is 7. The van der Waals surface area contributed by atoms with Gasteiger partial charge in [0, 0.05) is 55.6 Å². The Morgan fingerprint density at radius 2 is 2.15 bits per heavy atom. The zero-order chi connectivity index (χ0) is 19.2.